The third-order valence-electron chi connectivity index (χ3n) is 4.63. The average Bonchev–Trinajstić information content (AvgIpc) is 2.85. The molecule has 1 aromatic heterocycles. The zero-order valence-electron chi connectivity index (χ0n) is 13.9. The lowest BCUT2D eigenvalue weighted by molar-refractivity contribution is 0.311. The van der Waals surface area contributed by atoms with Crippen LogP contribution in [0.3, 0.4) is 0 Å². The second-order valence-electron chi connectivity index (χ2n) is 6.52. The van der Waals surface area contributed by atoms with Crippen LogP contribution in [-0.2, 0) is 13.0 Å². The highest BCUT2D eigenvalue weighted by Gasteiger charge is 2.21. The normalized spacial score (nSPS) is 14.3. The van der Waals surface area contributed by atoms with E-state index < -0.39 is 0 Å². The van der Waals surface area contributed by atoms with Crippen molar-refractivity contribution in [3.63, 3.8) is 0 Å². The quantitative estimate of drug-likeness (QED) is 0.570. The van der Waals surface area contributed by atoms with Gasteiger partial charge in [0.2, 0.25) is 0 Å². The van der Waals surface area contributed by atoms with Gasteiger partial charge in [0.05, 0.1) is 5.52 Å². The lowest BCUT2D eigenvalue weighted by Crippen LogP contribution is -2.27. The molecule has 3 heteroatoms. The summed E-state index contributed by atoms with van der Waals surface area (Å²) < 4.78 is 15.5. The summed E-state index contributed by atoms with van der Waals surface area (Å²) in [6, 6.07) is 16.2. The standard InChI is InChI=1S/C21H19FN2/c1-15-6-7-20-18(12-15)19-14-23(2)10-9-21(19)24(20)11-8-16-4-3-5-17(22)13-16/h3-7,12-13H,9-10,14H2,1-2H3. The first-order valence-corrected chi connectivity index (χ1v) is 8.21. The maximum absolute atomic E-state index is 13.4. The summed E-state index contributed by atoms with van der Waals surface area (Å²) in [7, 11) is 2.15. The smallest absolute Gasteiger partial charge is 0.124 e. The van der Waals surface area contributed by atoms with Crippen LogP contribution < -0.4 is 0 Å². The van der Waals surface area contributed by atoms with E-state index in [0.717, 1.165) is 25.0 Å². The van der Waals surface area contributed by atoms with Gasteiger partial charge in [-0.15, -0.1) is 0 Å². The molecule has 0 saturated heterocycles. The van der Waals surface area contributed by atoms with E-state index in [4.69, 9.17) is 0 Å². The maximum Gasteiger partial charge on any atom is 0.124 e. The van der Waals surface area contributed by atoms with E-state index in [-0.39, 0.29) is 5.82 Å². The topological polar surface area (TPSA) is 8.17 Å². The van der Waals surface area contributed by atoms with Crippen LogP contribution in [0.25, 0.3) is 10.9 Å². The van der Waals surface area contributed by atoms with Gasteiger partial charge in [0.25, 0.3) is 0 Å². The number of aromatic nitrogens is 1. The Kier molecular flexibility index (Phi) is 3.63. The van der Waals surface area contributed by atoms with Gasteiger partial charge in [-0.2, -0.15) is 0 Å². The Morgan fingerprint density at radius 3 is 2.83 bits per heavy atom. The van der Waals surface area contributed by atoms with E-state index in [1.165, 1.54) is 34.3 Å². The first-order valence-electron chi connectivity index (χ1n) is 8.21. The summed E-state index contributed by atoms with van der Waals surface area (Å²) in [6.07, 6.45) is 0.984. The predicted molar refractivity (Wildman–Crippen MR) is 95.4 cm³/mol. The fraction of sp³-hybridized carbons (Fsp3) is 0.238. The lowest BCUT2D eigenvalue weighted by Gasteiger charge is -2.23. The molecule has 0 amide bonds. The van der Waals surface area contributed by atoms with E-state index in [1.807, 2.05) is 6.07 Å². The molecule has 1 aliphatic heterocycles. The van der Waals surface area contributed by atoms with Gasteiger partial charge in [-0.1, -0.05) is 17.7 Å². The Hall–Kier alpha value is -2.57. The molecule has 0 N–H and O–H groups in total. The lowest BCUT2D eigenvalue weighted by atomic mass is 10.0. The fourth-order valence-corrected chi connectivity index (χ4v) is 3.42. The van der Waals surface area contributed by atoms with Crippen molar-refractivity contribution in [3.05, 3.63) is 70.7 Å². The molecule has 0 aliphatic carbocycles. The summed E-state index contributed by atoms with van der Waals surface area (Å²) >= 11 is 0. The first kappa shape index (κ1) is 15.0. The highest BCUT2D eigenvalue weighted by Crippen LogP contribution is 2.30. The van der Waals surface area contributed by atoms with Gasteiger partial charge in [-0.3, -0.25) is 4.57 Å². The van der Waals surface area contributed by atoms with Crippen LogP contribution in [-0.4, -0.2) is 23.1 Å². The maximum atomic E-state index is 13.4. The SMILES string of the molecule is Cc1ccc2c(c1)c1c(n2C#Cc2cccc(F)c2)CCN(C)C1. The highest BCUT2D eigenvalue weighted by atomic mass is 19.1. The molecule has 0 saturated carbocycles. The van der Waals surface area contributed by atoms with Crippen LogP contribution in [0.1, 0.15) is 22.4 Å². The second kappa shape index (κ2) is 5.81. The first-order chi connectivity index (χ1) is 11.6. The molecule has 0 atom stereocenters. The molecule has 2 heterocycles. The van der Waals surface area contributed by atoms with Crippen LogP contribution in [0.2, 0.25) is 0 Å². The van der Waals surface area contributed by atoms with Crippen LogP contribution >= 0.6 is 0 Å². The van der Waals surface area contributed by atoms with Crippen molar-refractivity contribution in [2.75, 3.05) is 13.6 Å². The minimum atomic E-state index is -0.251. The van der Waals surface area contributed by atoms with Crippen molar-refractivity contribution in [3.8, 4) is 12.0 Å². The molecule has 0 radical (unpaired) electrons. The molecular weight excluding hydrogens is 299 g/mol. The van der Waals surface area contributed by atoms with Gasteiger partial charge >= 0.3 is 0 Å². The van der Waals surface area contributed by atoms with E-state index in [9.17, 15) is 4.39 Å². The predicted octanol–water partition coefficient (Wildman–Crippen LogP) is 3.93. The van der Waals surface area contributed by atoms with Crippen molar-refractivity contribution < 1.29 is 4.39 Å². The van der Waals surface area contributed by atoms with Crippen molar-refractivity contribution in [2.45, 2.75) is 19.9 Å². The minimum Gasteiger partial charge on any atom is -0.302 e. The van der Waals surface area contributed by atoms with Crippen molar-refractivity contribution in [1.29, 1.82) is 0 Å². The van der Waals surface area contributed by atoms with Gasteiger partial charge in [-0.05, 0) is 55.8 Å². The monoisotopic (exact) mass is 318 g/mol. The van der Waals surface area contributed by atoms with Crippen molar-refractivity contribution in [2.24, 2.45) is 0 Å². The number of benzene rings is 2. The summed E-state index contributed by atoms with van der Waals surface area (Å²) in [5, 5.41) is 1.28. The molecule has 2 aromatic carbocycles. The molecule has 1 aliphatic rings. The van der Waals surface area contributed by atoms with E-state index in [2.05, 4.69) is 53.6 Å². The number of likely N-dealkylation sites (N-methyl/N-ethyl adjacent to an activating group) is 1. The Morgan fingerprint density at radius 1 is 1.12 bits per heavy atom. The zero-order chi connectivity index (χ0) is 16.7. The fourth-order valence-electron chi connectivity index (χ4n) is 3.42. The van der Waals surface area contributed by atoms with Gasteiger partial charge in [0, 0.05) is 42.2 Å². The summed E-state index contributed by atoms with van der Waals surface area (Å²) in [5.41, 5.74) is 5.76. The molecule has 120 valence electrons. The molecular formula is C21H19FN2. The molecule has 2 nitrogen and oxygen atoms in total. The highest BCUT2D eigenvalue weighted by molar-refractivity contribution is 5.87. The molecule has 4 rings (SSSR count). The number of halogens is 1. The van der Waals surface area contributed by atoms with Crippen LogP contribution in [0.4, 0.5) is 4.39 Å². The minimum absolute atomic E-state index is 0.251. The summed E-state index contributed by atoms with van der Waals surface area (Å²) in [6.45, 7) is 4.10. The van der Waals surface area contributed by atoms with Crippen LogP contribution in [0.5, 0.6) is 0 Å². The molecule has 0 bridgehead atoms. The van der Waals surface area contributed by atoms with Gasteiger partial charge in [0.1, 0.15) is 5.82 Å². The Morgan fingerprint density at radius 2 is 2.00 bits per heavy atom. The Bertz CT molecular complexity index is 988. The van der Waals surface area contributed by atoms with Crippen molar-refractivity contribution in [1.82, 2.24) is 9.47 Å². The zero-order valence-corrected chi connectivity index (χ0v) is 13.9. The van der Waals surface area contributed by atoms with E-state index in [0.29, 0.717) is 5.56 Å². The molecule has 0 spiro atoms. The van der Waals surface area contributed by atoms with Gasteiger partial charge in [0.15, 0.2) is 0 Å². The van der Waals surface area contributed by atoms with Crippen LogP contribution in [0.15, 0.2) is 42.5 Å². The number of nitrogens with zero attached hydrogens (tertiary/aromatic N) is 2. The number of hydrogen-bond donors (Lipinski definition) is 0. The van der Waals surface area contributed by atoms with Crippen molar-refractivity contribution >= 4 is 10.9 Å². The number of aryl methyl sites for hydroxylation is 1. The second-order valence-corrected chi connectivity index (χ2v) is 6.52. The molecule has 24 heavy (non-hydrogen) atoms. The van der Waals surface area contributed by atoms with Gasteiger partial charge in [-0.25, -0.2) is 4.39 Å². The number of rotatable bonds is 0. The molecule has 3 aromatic rings. The van der Waals surface area contributed by atoms with E-state index in [1.54, 1.807) is 6.07 Å². The average molecular weight is 318 g/mol. The summed E-state index contributed by atoms with van der Waals surface area (Å²) in [4.78, 5) is 2.34. The Labute approximate surface area is 141 Å². The largest absolute Gasteiger partial charge is 0.302 e. The van der Waals surface area contributed by atoms with Gasteiger partial charge < -0.3 is 4.90 Å². The van der Waals surface area contributed by atoms with Crippen LogP contribution in [0, 0.1) is 24.7 Å². The molecule has 0 unspecified atom stereocenters. The van der Waals surface area contributed by atoms with E-state index >= 15 is 0 Å². The Balaban J connectivity index is 1.90. The number of hydrogen-bond acceptors (Lipinski definition) is 1. The summed E-state index contributed by atoms with van der Waals surface area (Å²) in [5.74, 6) is 2.86. The number of fused-ring (bicyclic) bond motifs is 3. The molecule has 0 fully saturated rings. The third kappa shape index (κ3) is 2.60. The third-order valence-corrected chi connectivity index (χ3v) is 4.63.